The molecule has 0 bridgehead atoms. The molecule has 0 aliphatic carbocycles. The number of nitriles is 4. The zero-order valence-corrected chi connectivity index (χ0v) is 51.7. The molecule has 0 saturated carbocycles. The van der Waals surface area contributed by atoms with Crippen molar-refractivity contribution < 1.29 is 0 Å². The molecule has 4 nitrogen and oxygen atoms in total. The molecule has 1 aromatic carbocycles. The maximum Gasteiger partial charge on any atom is 0.147 e. The van der Waals surface area contributed by atoms with Crippen LogP contribution in [0.15, 0.2) is 12.1 Å². The van der Waals surface area contributed by atoms with Crippen LogP contribution in [0.2, 0.25) is 0 Å². The van der Waals surface area contributed by atoms with Crippen molar-refractivity contribution in [1.82, 2.24) is 0 Å². The first-order chi connectivity index (χ1) is 37.5. The molecular formula is C68H100N4S4. The van der Waals surface area contributed by atoms with E-state index in [0.29, 0.717) is 0 Å². The number of fused-ring (bicyclic) bond motifs is 6. The van der Waals surface area contributed by atoms with Crippen LogP contribution in [0.1, 0.15) is 296 Å². The van der Waals surface area contributed by atoms with Gasteiger partial charge in [0.25, 0.3) is 0 Å². The molecule has 0 N–H and O–H groups in total. The highest BCUT2D eigenvalue weighted by atomic mass is 32.1. The van der Waals surface area contributed by atoms with Gasteiger partial charge < -0.3 is 0 Å². The summed E-state index contributed by atoms with van der Waals surface area (Å²) < 4.78 is 9.18. The van der Waals surface area contributed by atoms with Crippen molar-refractivity contribution in [2.45, 2.75) is 297 Å². The first-order valence-electron chi connectivity index (χ1n) is 31.7. The number of aryl methyl sites for hydroxylation is 2. The van der Waals surface area contributed by atoms with E-state index < -0.39 is 0 Å². The normalized spacial score (nSPS) is 11.7. The molecule has 4 aromatic heterocycles. The average molecular weight is 1100 g/mol. The van der Waals surface area contributed by atoms with Crippen LogP contribution in [0.25, 0.3) is 50.1 Å². The van der Waals surface area contributed by atoms with Gasteiger partial charge in [-0.25, -0.2) is 0 Å². The molecule has 0 amide bonds. The van der Waals surface area contributed by atoms with Gasteiger partial charge >= 0.3 is 0 Å². The Labute approximate surface area is 479 Å². The van der Waals surface area contributed by atoms with Gasteiger partial charge in [0.05, 0.1) is 27.9 Å². The minimum Gasteiger partial charge on any atom is -0.192 e. The predicted molar refractivity (Wildman–Crippen MR) is 338 cm³/mol. The Hall–Kier alpha value is -3.24. The van der Waals surface area contributed by atoms with Gasteiger partial charge in [-0.1, -0.05) is 272 Å². The molecule has 0 aliphatic heterocycles. The molecule has 5 rings (SSSR count). The van der Waals surface area contributed by atoms with Gasteiger partial charge in [-0.15, -0.1) is 45.3 Å². The van der Waals surface area contributed by atoms with Crippen LogP contribution in [0.5, 0.6) is 0 Å². The Morgan fingerprint density at radius 1 is 0.329 bits per heavy atom. The topological polar surface area (TPSA) is 95.2 Å². The predicted octanol–water partition coefficient (Wildman–Crippen LogP) is 22.9. The second kappa shape index (κ2) is 38.4. The third kappa shape index (κ3) is 20.8. The summed E-state index contributed by atoms with van der Waals surface area (Å²) in [5.74, 6) is 1.48. The van der Waals surface area contributed by atoms with Crippen LogP contribution in [-0.4, -0.2) is 0 Å². The number of rotatable bonds is 44. The molecule has 0 saturated heterocycles. The van der Waals surface area contributed by atoms with Crippen LogP contribution in [-0.2, 0) is 12.8 Å². The molecule has 5 aromatic rings. The Morgan fingerprint density at radius 3 is 0.842 bits per heavy atom. The van der Waals surface area contributed by atoms with Gasteiger partial charge in [0, 0.05) is 20.2 Å². The molecule has 0 spiro atoms. The van der Waals surface area contributed by atoms with Crippen molar-refractivity contribution in [2.75, 3.05) is 0 Å². The van der Waals surface area contributed by atoms with Gasteiger partial charge in [0.1, 0.15) is 35.4 Å². The SMILES string of the molecule is CCCCCCCCCCC(CCCCCCCCCC)CCCc1c(=C(C#N)C#N)sc2c1sc1cc3c(cc12)sc1c(CCCC(CCCCCCCCCC)CCCCCCCCCC)c(=C(C#N)C#N)sc13. The minimum absolute atomic E-state index is 0.251. The van der Waals surface area contributed by atoms with E-state index in [9.17, 15) is 21.0 Å². The molecule has 8 heteroatoms. The lowest BCUT2D eigenvalue weighted by atomic mass is 9.89. The highest BCUT2D eigenvalue weighted by Crippen LogP contribution is 2.46. The van der Waals surface area contributed by atoms with Crippen molar-refractivity contribution in [3.8, 4) is 24.3 Å². The maximum atomic E-state index is 10.2. The van der Waals surface area contributed by atoms with E-state index in [1.165, 1.54) is 294 Å². The van der Waals surface area contributed by atoms with E-state index in [1.54, 1.807) is 22.7 Å². The summed E-state index contributed by atoms with van der Waals surface area (Å²) in [5, 5.41) is 43.4. The molecule has 0 aliphatic rings. The van der Waals surface area contributed by atoms with Crippen LogP contribution in [0.4, 0.5) is 0 Å². The standard InChI is InChI=1S/C68H100N4S4/c1-5-9-13-17-21-25-29-33-39-53(40-34-30-26-22-18-14-10-6-2)43-37-45-57-63(55(49-69)50-70)75-67-59-47-62-60(48-61(59)73-65(57)67)68-66(74-62)58(64(76-68)56(51-71)52-72)46-38-44-54(41-35-31-27-23-19-15-11-7-3)42-36-32-28-24-20-16-12-8-4/h47-48,53-54H,5-46H2,1-4H3. The third-order valence-electron chi connectivity index (χ3n) is 16.8. The highest BCUT2D eigenvalue weighted by Gasteiger charge is 2.22. The van der Waals surface area contributed by atoms with E-state index in [1.807, 2.05) is 22.7 Å². The number of hydrogen-bond acceptors (Lipinski definition) is 8. The van der Waals surface area contributed by atoms with E-state index in [4.69, 9.17) is 0 Å². The Bertz CT molecular complexity index is 2460. The summed E-state index contributed by atoms with van der Waals surface area (Å²) >= 11 is 6.99. The summed E-state index contributed by atoms with van der Waals surface area (Å²) in [7, 11) is 0. The third-order valence-corrected chi connectivity index (χ3v) is 22.0. The van der Waals surface area contributed by atoms with Gasteiger partial charge in [0.2, 0.25) is 0 Å². The molecule has 76 heavy (non-hydrogen) atoms. The Balaban J connectivity index is 1.34. The summed E-state index contributed by atoms with van der Waals surface area (Å²) in [6, 6.07) is 13.9. The monoisotopic (exact) mass is 1100 g/mol. The largest absolute Gasteiger partial charge is 0.192 e. The van der Waals surface area contributed by atoms with Crippen molar-refractivity contribution in [2.24, 2.45) is 11.8 Å². The van der Waals surface area contributed by atoms with Gasteiger partial charge in [-0.05, 0) is 60.8 Å². The molecular weight excluding hydrogens is 1000 g/mol. The number of nitrogens with zero attached hydrogens (tertiary/aromatic N) is 4. The first kappa shape index (κ1) is 63.6. The van der Waals surface area contributed by atoms with E-state index in [-0.39, 0.29) is 11.1 Å². The summed E-state index contributed by atoms with van der Waals surface area (Å²) in [6.07, 6.45) is 55.3. The second-order valence-electron chi connectivity index (χ2n) is 23.0. The molecule has 0 fully saturated rings. The zero-order chi connectivity index (χ0) is 54.0. The number of thiophene rings is 4. The number of unbranched alkanes of at least 4 members (excludes halogenated alkanes) is 28. The number of benzene rings is 1. The fraction of sp³-hybridized carbons (Fsp3) is 0.706. The minimum atomic E-state index is 0.251. The Kier molecular flexibility index (Phi) is 32.1. The van der Waals surface area contributed by atoms with Gasteiger partial charge in [-0.2, -0.15) is 21.0 Å². The van der Waals surface area contributed by atoms with Crippen molar-refractivity contribution in [3.63, 3.8) is 0 Å². The van der Waals surface area contributed by atoms with Crippen LogP contribution < -0.4 is 9.06 Å². The van der Waals surface area contributed by atoms with Gasteiger partial charge in [0.15, 0.2) is 0 Å². The van der Waals surface area contributed by atoms with E-state index >= 15 is 0 Å². The van der Waals surface area contributed by atoms with Crippen LogP contribution >= 0.6 is 45.3 Å². The summed E-state index contributed by atoms with van der Waals surface area (Å²) in [5.41, 5.74) is 2.91. The molecule has 0 radical (unpaired) electrons. The van der Waals surface area contributed by atoms with Crippen molar-refractivity contribution in [1.29, 1.82) is 21.0 Å². The Morgan fingerprint density at radius 2 is 0.579 bits per heavy atom. The van der Waals surface area contributed by atoms with Crippen molar-refractivity contribution in [3.05, 3.63) is 32.3 Å². The second-order valence-corrected chi connectivity index (χ2v) is 27.1. The maximum absolute atomic E-state index is 10.2. The average Bonchev–Trinajstić information content (AvgIpc) is 4.22. The number of hydrogen-bond donors (Lipinski definition) is 0. The lowest BCUT2D eigenvalue weighted by Gasteiger charge is -2.17. The molecule has 0 atom stereocenters. The van der Waals surface area contributed by atoms with Crippen LogP contribution in [0, 0.1) is 57.2 Å². The highest BCUT2D eigenvalue weighted by molar-refractivity contribution is 7.34. The molecule has 416 valence electrons. The quantitative estimate of drug-likeness (QED) is 0.0363. The van der Waals surface area contributed by atoms with Gasteiger partial charge in [-0.3, -0.25) is 0 Å². The fourth-order valence-corrected chi connectivity index (χ4v) is 17.7. The molecule has 4 heterocycles. The fourth-order valence-electron chi connectivity index (χ4n) is 12.2. The van der Waals surface area contributed by atoms with E-state index in [2.05, 4.69) is 64.1 Å². The molecule has 0 unspecified atom stereocenters. The summed E-state index contributed by atoms with van der Waals surface area (Å²) in [4.78, 5) is 0. The lowest BCUT2D eigenvalue weighted by Crippen LogP contribution is -2.08. The van der Waals surface area contributed by atoms with Crippen LogP contribution in [0.3, 0.4) is 0 Å². The van der Waals surface area contributed by atoms with Crippen molar-refractivity contribution >= 4 is 95.5 Å². The zero-order valence-electron chi connectivity index (χ0n) is 48.4. The lowest BCUT2D eigenvalue weighted by molar-refractivity contribution is 0.372. The smallest absolute Gasteiger partial charge is 0.147 e. The first-order valence-corrected chi connectivity index (χ1v) is 34.9. The van der Waals surface area contributed by atoms with E-state index in [0.717, 1.165) is 46.6 Å². The summed E-state index contributed by atoms with van der Waals surface area (Å²) in [6.45, 7) is 9.19.